The lowest BCUT2D eigenvalue weighted by Gasteiger charge is -2.25. The SMILES string of the molecule is Cc1ccc(-c2noc(C(C)N3C[C@@H]4CCC[C@@]4(C(=O)O)C3)n2)cc1F.Cl. The van der Waals surface area contributed by atoms with Crippen molar-refractivity contribution in [3.8, 4) is 11.4 Å². The molecule has 0 bridgehead atoms. The Balaban J connectivity index is 0.00000210. The van der Waals surface area contributed by atoms with Crippen molar-refractivity contribution in [2.45, 2.75) is 39.2 Å². The molecule has 1 N–H and O–H groups in total. The molecular weight excluding hydrogens is 373 g/mol. The van der Waals surface area contributed by atoms with Crippen LogP contribution < -0.4 is 0 Å². The maximum Gasteiger partial charge on any atom is 0.311 e. The zero-order valence-electron chi connectivity index (χ0n) is 15.3. The van der Waals surface area contributed by atoms with Crippen molar-refractivity contribution in [2.75, 3.05) is 13.1 Å². The molecule has 8 heteroatoms. The van der Waals surface area contributed by atoms with Crippen molar-refractivity contribution in [2.24, 2.45) is 11.3 Å². The van der Waals surface area contributed by atoms with Gasteiger partial charge < -0.3 is 9.63 Å². The summed E-state index contributed by atoms with van der Waals surface area (Å²) in [7, 11) is 0. The van der Waals surface area contributed by atoms with E-state index in [1.54, 1.807) is 19.1 Å². The lowest BCUT2D eigenvalue weighted by molar-refractivity contribution is -0.149. The van der Waals surface area contributed by atoms with Gasteiger partial charge in [-0.3, -0.25) is 9.69 Å². The van der Waals surface area contributed by atoms with Crippen LogP contribution >= 0.6 is 12.4 Å². The van der Waals surface area contributed by atoms with E-state index in [0.29, 0.717) is 29.4 Å². The Labute approximate surface area is 163 Å². The summed E-state index contributed by atoms with van der Waals surface area (Å²) in [5.74, 6) is -0.0515. The second kappa shape index (κ2) is 7.20. The van der Waals surface area contributed by atoms with Crippen LogP contribution in [0.2, 0.25) is 0 Å². The monoisotopic (exact) mass is 395 g/mol. The van der Waals surface area contributed by atoms with E-state index in [4.69, 9.17) is 4.52 Å². The maximum atomic E-state index is 13.8. The van der Waals surface area contributed by atoms with Crippen molar-refractivity contribution in [1.82, 2.24) is 15.0 Å². The van der Waals surface area contributed by atoms with E-state index in [1.807, 2.05) is 6.92 Å². The van der Waals surface area contributed by atoms with Gasteiger partial charge in [0.25, 0.3) is 0 Å². The number of nitrogens with zero attached hydrogens (tertiary/aromatic N) is 3. The molecule has 27 heavy (non-hydrogen) atoms. The molecule has 3 atom stereocenters. The molecule has 2 fully saturated rings. The van der Waals surface area contributed by atoms with E-state index in [0.717, 1.165) is 25.8 Å². The molecule has 2 heterocycles. The largest absolute Gasteiger partial charge is 0.481 e. The predicted octanol–water partition coefficient (Wildman–Crippen LogP) is 3.85. The Bertz CT molecular complexity index is 858. The van der Waals surface area contributed by atoms with E-state index >= 15 is 0 Å². The molecule has 6 nitrogen and oxygen atoms in total. The van der Waals surface area contributed by atoms with Gasteiger partial charge in [-0.2, -0.15) is 4.98 Å². The van der Waals surface area contributed by atoms with Gasteiger partial charge in [0, 0.05) is 18.7 Å². The molecular formula is C19H23ClFN3O3. The molecule has 0 spiro atoms. The molecule has 146 valence electrons. The lowest BCUT2D eigenvalue weighted by Crippen LogP contribution is -2.36. The van der Waals surface area contributed by atoms with Crippen LogP contribution in [0.25, 0.3) is 11.4 Å². The van der Waals surface area contributed by atoms with Gasteiger partial charge in [0.15, 0.2) is 0 Å². The summed E-state index contributed by atoms with van der Waals surface area (Å²) in [5, 5.41) is 13.7. The highest BCUT2D eigenvalue weighted by atomic mass is 35.5. The molecule has 0 radical (unpaired) electrons. The average molecular weight is 396 g/mol. The molecule has 4 rings (SSSR count). The number of carbonyl (C=O) groups is 1. The van der Waals surface area contributed by atoms with E-state index < -0.39 is 11.4 Å². The zero-order chi connectivity index (χ0) is 18.5. The number of rotatable bonds is 4. The summed E-state index contributed by atoms with van der Waals surface area (Å²) in [6.07, 6.45) is 2.66. The van der Waals surface area contributed by atoms with Crippen molar-refractivity contribution in [3.05, 3.63) is 35.5 Å². The number of aryl methyl sites for hydroxylation is 1. The maximum absolute atomic E-state index is 13.8. The van der Waals surface area contributed by atoms with Crippen LogP contribution in [0, 0.1) is 24.1 Å². The summed E-state index contributed by atoms with van der Waals surface area (Å²) in [6, 6.07) is 4.67. The normalized spacial score (nSPS) is 25.8. The first-order valence-corrected chi connectivity index (χ1v) is 8.98. The zero-order valence-corrected chi connectivity index (χ0v) is 16.1. The lowest BCUT2D eigenvalue weighted by atomic mass is 9.81. The minimum Gasteiger partial charge on any atom is -0.481 e. The Hall–Kier alpha value is -1.99. The Morgan fingerprint density at radius 2 is 2.26 bits per heavy atom. The summed E-state index contributed by atoms with van der Waals surface area (Å²) in [6.45, 7) is 4.88. The summed E-state index contributed by atoms with van der Waals surface area (Å²) in [5.41, 5.74) is 0.487. The molecule has 2 aliphatic rings. The fraction of sp³-hybridized carbons (Fsp3) is 0.526. The molecule has 1 saturated heterocycles. The number of benzene rings is 1. The third kappa shape index (κ3) is 3.23. The second-order valence-electron chi connectivity index (χ2n) is 7.58. The van der Waals surface area contributed by atoms with Gasteiger partial charge in [0.1, 0.15) is 5.82 Å². The number of aromatic nitrogens is 2. The van der Waals surface area contributed by atoms with Crippen molar-refractivity contribution >= 4 is 18.4 Å². The number of fused-ring (bicyclic) bond motifs is 1. The Kier molecular flexibility index (Phi) is 5.27. The molecule has 1 unspecified atom stereocenters. The molecule has 1 aromatic carbocycles. The number of hydrogen-bond acceptors (Lipinski definition) is 5. The first-order chi connectivity index (χ1) is 12.4. The fourth-order valence-corrected chi connectivity index (χ4v) is 4.38. The van der Waals surface area contributed by atoms with Crippen LogP contribution in [0.4, 0.5) is 4.39 Å². The number of hydrogen-bond donors (Lipinski definition) is 1. The van der Waals surface area contributed by atoms with Crippen LogP contribution in [-0.4, -0.2) is 39.2 Å². The topological polar surface area (TPSA) is 79.5 Å². The first kappa shape index (κ1) is 19.8. The number of likely N-dealkylation sites (tertiary alicyclic amines) is 1. The molecule has 1 aliphatic heterocycles. The molecule has 1 saturated carbocycles. The standard InChI is InChI=1S/C19H22FN3O3.ClH/c1-11-5-6-13(8-15(11)20)16-21-17(26-22-16)12(2)23-9-14-4-3-7-19(14,10-23)18(24)25;/h5-6,8,12,14H,3-4,7,9-10H2,1-2H3,(H,24,25);1H/t12?,14-,19+;/m0./s1. The number of halogens is 2. The molecule has 2 aromatic rings. The highest BCUT2D eigenvalue weighted by Gasteiger charge is 2.55. The molecule has 1 aliphatic carbocycles. The minimum atomic E-state index is -0.698. The van der Waals surface area contributed by atoms with E-state index in [9.17, 15) is 14.3 Å². The smallest absolute Gasteiger partial charge is 0.311 e. The van der Waals surface area contributed by atoms with Gasteiger partial charge in [0.2, 0.25) is 11.7 Å². The fourth-order valence-electron chi connectivity index (χ4n) is 4.38. The average Bonchev–Trinajstić information content (AvgIpc) is 3.30. The van der Waals surface area contributed by atoms with Gasteiger partial charge in [-0.15, -0.1) is 12.4 Å². The summed E-state index contributed by atoms with van der Waals surface area (Å²) in [4.78, 5) is 18.4. The van der Waals surface area contributed by atoms with Gasteiger partial charge in [0.05, 0.1) is 11.5 Å². The van der Waals surface area contributed by atoms with Gasteiger partial charge in [-0.05, 0) is 44.2 Å². The van der Waals surface area contributed by atoms with E-state index in [1.165, 1.54) is 6.07 Å². The second-order valence-corrected chi connectivity index (χ2v) is 7.58. The van der Waals surface area contributed by atoms with Crippen LogP contribution in [-0.2, 0) is 4.79 Å². The van der Waals surface area contributed by atoms with Crippen LogP contribution in [0.15, 0.2) is 22.7 Å². The number of aliphatic carboxylic acids is 1. The molecule has 1 aromatic heterocycles. The summed E-state index contributed by atoms with van der Waals surface area (Å²) < 4.78 is 19.2. The first-order valence-electron chi connectivity index (χ1n) is 8.98. The summed E-state index contributed by atoms with van der Waals surface area (Å²) >= 11 is 0. The van der Waals surface area contributed by atoms with E-state index in [-0.39, 0.29) is 30.2 Å². The number of carboxylic acid groups (broad SMARTS) is 1. The van der Waals surface area contributed by atoms with Crippen molar-refractivity contribution in [1.29, 1.82) is 0 Å². The van der Waals surface area contributed by atoms with Crippen LogP contribution in [0.1, 0.15) is 43.7 Å². The van der Waals surface area contributed by atoms with Gasteiger partial charge in [-0.25, -0.2) is 4.39 Å². The Morgan fingerprint density at radius 3 is 2.93 bits per heavy atom. The predicted molar refractivity (Wildman–Crippen MR) is 99.1 cm³/mol. The number of carboxylic acids is 1. The highest BCUT2D eigenvalue weighted by Crippen LogP contribution is 2.50. The Morgan fingerprint density at radius 1 is 1.48 bits per heavy atom. The van der Waals surface area contributed by atoms with Gasteiger partial charge >= 0.3 is 5.97 Å². The minimum absolute atomic E-state index is 0. The van der Waals surface area contributed by atoms with Crippen molar-refractivity contribution in [3.63, 3.8) is 0 Å². The molecule has 0 amide bonds. The third-order valence-corrected chi connectivity index (χ3v) is 6.10. The van der Waals surface area contributed by atoms with Crippen LogP contribution in [0.3, 0.4) is 0 Å². The van der Waals surface area contributed by atoms with Gasteiger partial charge in [-0.1, -0.05) is 23.7 Å². The highest BCUT2D eigenvalue weighted by molar-refractivity contribution is 5.85. The van der Waals surface area contributed by atoms with Crippen molar-refractivity contribution < 1.29 is 18.8 Å². The quantitative estimate of drug-likeness (QED) is 0.846. The van der Waals surface area contributed by atoms with Crippen LogP contribution in [0.5, 0.6) is 0 Å². The third-order valence-electron chi connectivity index (χ3n) is 6.10. The van der Waals surface area contributed by atoms with E-state index in [2.05, 4.69) is 15.0 Å².